The first-order valence-electron chi connectivity index (χ1n) is 5.21. The third-order valence-corrected chi connectivity index (χ3v) is 2.18. The van der Waals surface area contributed by atoms with Gasteiger partial charge in [0.2, 0.25) is 0 Å². The van der Waals surface area contributed by atoms with Crippen LogP contribution >= 0.6 is 0 Å². The van der Waals surface area contributed by atoms with E-state index in [0.29, 0.717) is 11.4 Å². The molecule has 0 radical (unpaired) electrons. The minimum absolute atomic E-state index is 0.0177. The summed E-state index contributed by atoms with van der Waals surface area (Å²) in [5.74, 6) is 0.576. The second-order valence-electron chi connectivity index (χ2n) is 3.40. The Kier molecular flexibility index (Phi) is 3.60. The van der Waals surface area contributed by atoms with Crippen molar-refractivity contribution in [2.24, 2.45) is 5.10 Å². The topological polar surface area (TPSA) is 80.4 Å². The minimum Gasteiger partial charge on any atom is -0.261 e. The normalized spacial score (nSPS) is 10.4. The number of nitrogens with zero attached hydrogens (tertiary/aromatic N) is 3. The quantitative estimate of drug-likeness (QED) is 0.507. The van der Waals surface area contributed by atoms with E-state index in [1.807, 2.05) is 6.07 Å². The first kappa shape index (κ1) is 11.7. The molecule has 0 saturated heterocycles. The van der Waals surface area contributed by atoms with Gasteiger partial charge in [-0.2, -0.15) is 5.10 Å². The van der Waals surface area contributed by atoms with Gasteiger partial charge in [-0.3, -0.25) is 15.5 Å². The minimum atomic E-state index is -0.442. The molecule has 90 valence electrons. The lowest BCUT2D eigenvalue weighted by molar-refractivity contribution is -0.385. The molecule has 1 aromatic heterocycles. The molecule has 1 heterocycles. The standard InChI is InChI=1S/C12H10N4O2/c17-16(18)11-6-2-1-5-10(11)9-14-15-12-7-3-4-8-13-12/h1-9H,(H,13,15)/b14-9-. The molecule has 0 amide bonds. The summed E-state index contributed by atoms with van der Waals surface area (Å²) in [5.41, 5.74) is 3.15. The van der Waals surface area contributed by atoms with Crippen LogP contribution in [0.25, 0.3) is 0 Å². The van der Waals surface area contributed by atoms with Gasteiger partial charge in [-0.25, -0.2) is 4.98 Å². The number of benzene rings is 1. The Bertz CT molecular complexity index is 569. The van der Waals surface area contributed by atoms with Crippen molar-refractivity contribution in [3.63, 3.8) is 0 Å². The Morgan fingerprint density at radius 1 is 1.22 bits per heavy atom. The average molecular weight is 242 g/mol. The Labute approximate surface area is 103 Å². The highest BCUT2D eigenvalue weighted by Crippen LogP contribution is 2.15. The molecular weight excluding hydrogens is 232 g/mol. The Balaban J connectivity index is 2.12. The van der Waals surface area contributed by atoms with Gasteiger partial charge in [0.05, 0.1) is 16.7 Å². The highest BCUT2D eigenvalue weighted by Gasteiger charge is 2.09. The van der Waals surface area contributed by atoms with E-state index in [9.17, 15) is 10.1 Å². The van der Waals surface area contributed by atoms with Gasteiger partial charge >= 0.3 is 0 Å². The summed E-state index contributed by atoms with van der Waals surface area (Å²) < 4.78 is 0. The molecule has 1 aromatic carbocycles. The number of nitro benzene ring substituents is 1. The smallest absolute Gasteiger partial charge is 0.261 e. The molecule has 2 aromatic rings. The van der Waals surface area contributed by atoms with Crippen LogP contribution in [0.4, 0.5) is 11.5 Å². The number of nitro groups is 1. The number of hydrogen-bond acceptors (Lipinski definition) is 5. The number of anilines is 1. The highest BCUT2D eigenvalue weighted by atomic mass is 16.6. The van der Waals surface area contributed by atoms with E-state index in [1.54, 1.807) is 36.5 Å². The Hall–Kier alpha value is -2.76. The maximum atomic E-state index is 10.8. The van der Waals surface area contributed by atoms with Gasteiger partial charge in [0.25, 0.3) is 5.69 Å². The first-order chi connectivity index (χ1) is 8.77. The molecule has 0 aliphatic rings. The molecule has 1 N–H and O–H groups in total. The van der Waals surface area contributed by atoms with E-state index in [0.717, 1.165) is 0 Å². The number of pyridine rings is 1. The van der Waals surface area contributed by atoms with Crippen molar-refractivity contribution in [2.45, 2.75) is 0 Å². The van der Waals surface area contributed by atoms with E-state index < -0.39 is 4.92 Å². The Morgan fingerprint density at radius 2 is 2.00 bits per heavy atom. The van der Waals surface area contributed by atoms with Crippen molar-refractivity contribution in [2.75, 3.05) is 5.43 Å². The SMILES string of the molecule is O=[N+]([O-])c1ccccc1/C=N\Nc1ccccn1. The number of rotatable bonds is 4. The average Bonchev–Trinajstić information content (AvgIpc) is 2.40. The molecule has 0 atom stereocenters. The van der Waals surface area contributed by atoms with Crippen LogP contribution in [0, 0.1) is 10.1 Å². The van der Waals surface area contributed by atoms with Crippen LogP contribution in [0.5, 0.6) is 0 Å². The summed E-state index contributed by atoms with van der Waals surface area (Å²) in [6, 6.07) is 11.7. The maximum Gasteiger partial charge on any atom is 0.278 e. The van der Waals surface area contributed by atoms with Crippen LogP contribution in [-0.4, -0.2) is 16.1 Å². The van der Waals surface area contributed by atoms with Gasteiger partial charge in [-0.1, -0.05) is 18.2 Å². The lowest BCUT2D eigenvalue weighted by Crippen LogP contribution is -1.96. The van der Waals surface area contributed by atoms with Crippen LogP contribution in [0.2, 0.25) is 0 Å². The van der Waals surface area contributed by atoms with Crippen molar-refractivity contribution < 1.29 is 4.92 Å². The first-order valence-corrected chi connectivity index (χ1v) is 5.21. The van der Waals surface area contributed by atoms with Crippen LogP contribution in [0.3, 0.4) is 0 Å². The zero-order chi connectivity index (χ0) is 12.8. The monoisotopic (exact) mass is 242 g/mol. The summed E-state index contributed by atoms with van der Waals surface area (Å²) in [6.45, 7) is 0. The van der Waals surface area contributed by atoms with Gasteiger partial charge in [0.15, 0.2) is 0 Å². The van der Waals surface area contributed by atoms with E-state index in [4.69, 9.17) is 0 Å². The van der Waals surface area contributed by atoms with Crippen LogP contribution in [-0.2, 0) is 0 Å². The maximum absolute atomic E-state index is 10.8. The third-order valence-electron chi connectivity index (χ3n) is 2.18. The van der Waals surface area contributed by atoms with Crippen molar-refractivity contribution in [3.05, 3.63) is 64.3 Å². The molecule has 0 unspecified atom stereocenters. The molecule has 0 fully saturated rings. The lowest BCUT2D eigenvalue weighted by Gasteiger charge is -1.98. The molecule has 0 spiro atoms. The predicted molar refractivity (Wildman–Crippen MR) is 68.6 cm³/mol. The van der Waals surface area contributed by atoms with Crippen LogP contribution in [0.1, 0.15) is 5.56 Å². The van der Waals surface area contributed by atoms with Gasteiger partial charge in [0, 0.05) is 12.3 Å². The summed E-state index contributed by atoms with van der Waals surface area (Å²) in [7, 11) is 0. The van der Waals surface area contributed by atoms with E-state index in [1.165, 1.54) is 12.3 Å². The molecule has 0 aliphatic heterocycles. The van der Waals surface area contributed by atoms with Crippen LogP contribution < -0.4 is 5.43 Å². The summed E-state index contributed by atoms with van der Waals surface area (Å²) >= 11 is 0. The van der Waals surface area contributed by atoms with Crippen LogP contribution in [0.15, 0.2) is 53.8 Å². The summed E-state index contributed by atoms with van der Waals surface area (Å²) in [5, 5.41) is 14.7. The second kappa shape index (κ2) is 5.53. The molecule has 2 rings (SSSR count). The number of aromatic nitrogens is 1. The predicted octanol–water partition coefficient (Wildman–Crippen LogP) is 2.44. The van der Waals surface area contributed by atoms with Gasteiger partial charge < -0.3 is 0 Å². The molecule has 0 bridgehead atoms. The third kappa shape index (κ3) is 2.88. The lowest BCUT2D eigenvalue weighted by atomic mass is 10.2. The van der Waals surface area contributed by atoms with E-state index in [-0.39, 0.29) is 5.69 Å². The fourth-order valence-corrected chi connectivity index (χ4v) is 1.36. The number of nitrogens with one attached hydrogen (secondary N) is 1. The van der Waals surface area contributed by atoms with Gasteiger partial charge in [-0.05, 0) is 18.2 Å². The highest BCUT2D eigenvalue weighted by molar-refractivity contribution is 5.85. The van der Waals surface area contributed by atoms with Crippen molar-refractivity contribution >= 4 is 17.7 Å². The molecule has 0 saturated carbocycles. The van der Waals surface area contributed by atoms with Crippen molar-refractivity contribution in [1.29, 1.82) is 0 Å². The molecule has 6 nitrogen and oxygen atoms in total. The molecule has 18 heavy (non-hydrogen) atoms. The van der Waals surface area contributed by atoms with Crippen molar-refractivity contribution in [1.82, 2.24) is 4.98 Å². The van der Waals surface area contributed by atoms with Gasteiger partial charge in [0.1, 0.15) is 5.82 Å². The van der Waals surface area contributed by atoms with Crippen molar-refractivity contribution in [3.8, 4) is 0 Å². The summed E-state index contributed by atoms with van der Waals surface area (Å²) in [4.78, 5) is 14.3. The van der Waals surface area contributed by atoms with E-state index in [2.05, 4.69) is 15.5 Å². The molecule has 6 heteroatoms. The number of hydrogen-bond donors (Lipinski definition) is 1. The Morgan fingerprint density at radius 3 is 2.72 bits per heavy atom. The molecule has 0 aliphatic carbocycles. The van der Waals surface area contributed by atoms with E-state index >= 15 is 0 Å². The zero-order valence-electron chi connectivity index (χ0n) is 9.35. The van der Waals surface area contributed by atoms with Gasteiger partial charge in [-0.15, -0.1) is 0 Å². The largest absolute Gasteiger partial charge is 0.278 e. The summed E-state index contributed by atoms with van der Waals surface area (Å²) in [6.07, 6.45) is 3.02. The zero-order valence-corrected chi connectivity index (χ0v) is 9.35. The number of hydrazone groups is 1. The second-order valence-corrected chi connectivity index (χ2v) is 3.40. The molecular formula is C12H10N4O2. The number of para-hydroxylation sites is 1. The fraction of sp³-hybridized carbons (Fsp3) is 0. The fourth-order valence-electron chi connectivity index (χ4n) is 1.36.